The highest BCUT2D eigenvalue weighted by Gasteiger charge is 2.16. The molecule has 0 saturated carbocycles. The zero-order valence-electron chi connectivity index (χ0n) is 35.5. The average Bonchev–Trinajstić information content (AvgIpc) is 3.27. The summed E-state index contributed by atoms with van der Waals surface area (Å²) < 4.78 is 78.1. The maximum Gasteiger partial charge on any atom is 0.164 e. The molecule has 3 heteroatoms. The lowest BCUT2D eigenvalue weighted by molar-refractivity contribution is 1.08. The molecule has 0 bridgehead atoms. The Balaban J connectivity index is 1.31. The summed E-state index contributed by atoms with van der Waals surface area (Å²) in [6.07, 6.45) is 0. The highest BCUT2D eigenvalue weighted by molar-refractivity contribution is 6.00. The van der Waals surface area contributed by atoms with Crippen molar-refractivity contribution in [2.45, 2.75) is 0 Å². The lowest BCUT2D eigenvalue weighted by Crippen LogP contribution is -2.01. The second-order valence-corrected chi connectivity index (χ2v) is 11.8. The van der Waals surface area contributed by atoms with Crippen molar-refractivity contribution in [1.29, 1.82) is 0 Å². The minimum atomic E-state index is -0.648. The second kappa shape index (κ2) is 12.7. The molecule has 0 amide bonds. The number of hydrogen-bond acceptors (Lipinski definition) is 3. The molecule has 0 aliphatic carbocycles. The van der Waals surface area contributed by atoms with Crippen molar-refractivity contribution < 1.29 is 12.3 Å². The van der Waals surface area contributed by atoms with Gasteiger partial charge in [0.15, 0.2) is 17.5 Å². The van der Waals surface area contributed by atoms with Gasteiger partial charge in [0.1, 0.15) is 0 Å². The predicted molar refractivity (Wildman–Crippen MR) is 207 cm³/mol. The van der Waals surface area contributed by atoms with Crippen LogP contribution in [0.15, 0.2) is 188 Å². The van der Waals surface area contributed by atoms with Crippen LogP contribution in [0.25, 0.3) is 89.1 Å². The molecule has 0 spiro atoms. The summed E-state index contributed by atoms with van der Waals surface area (Å²) in [5.41, 5.74) is 4.22. The quantitative estimate of drug-likeness (QED) is 0.180. The third-order valence-electron chi connectivity index (χ3n) is 8.67. The average molecular weight is 647 g/mol. The van der Waals surface area contributed by atoms with Crippen LogP contribution >= 0.6 is 0 Å². The molecule has 0 atom stereocenters. The third-order valence-corrected chi connectivity index (χ3v) is 8.67. The normalized spacial score (nSPS) is 13.7. The molecule has 3 nitrogen and oxygen atoms in total. The van der Waals surface area contributed by atoms with Crippen LogP contribution in [0.3, 0.4) is 0 Å². The number of fused-ring (bicyclic) bond motifs is 2. The molecule has 234 valence electrons. The van der Waals surface area contributed by atoms with Crippen LogP contribution in [0, 0.1) is 0 Å². The molecule has 0 aliphatic rings. The van der Waals surface area contributed by atoms with Gasteiger partial charge in [0.05, 0.1) is 12.3 Å². The van der Waals surface area contributed by atoms with Gasteiger partial charge in [-0.25, -0.2) is 15.0 Å². The van der Waals surface area contributed by atoms with Gasteiger partial charge in [-0.15, -0.1) is 0 Å². The molecule has 0 N–H and O–H groups in total. The summed E-state index contributed by atoms with van der Waals surface area (Å²) in [6, 6.07) is 38.4. The summed E-state index contributed by atoms with van der Waals surface area (Å²) in [7, 11) is 0. The Labute approximate surface area is 303 Å². The minimum absolute atomic E-state index is 0.142. The van der Waals surface area contributed by atoms with Crippen molar-refractivity contribution >= 4 is 21.5 Å². The summed E-state index contributed by atoms with van der Waals surface area (Å²) in [5, 5.41) is 3.89. The highest BCUT2D eigenvalue weighted by Crippen LogP contribution is 2.37. The Kier molecular flexibility index (Phi) is 5.42. The molecule has 1 heterocycles. The van der Waals surface area contributed by atoms with Crippen molar-refractivity contribution in [2.24, 2.45) is 0 Å². The topological polar surface area (TPSA) is 38.7 Å². The van der Waals surface area contributed by atoms with Crippen LogP contribution in [0.1, 0.15) is 12.3 Å². The van der Waals surface area contributed by atoms with E-state index in [4.69, 9.17) is 25.9 Å². The van der Waals surface area contributed by atoms with Gasteiger partial charge in [0.25, 0.3) is 0 Å². The van der Waals surface area contributed by atoms with Gasteiger partial charge in [0, 0.05) is 16.7 Å². The van der Waals surface area contributed by atoms with E-state index in [1.807, 2.05) is 97.1 Å². The zero-order valence-corrected chi connectivity index (χ0v) is 26.5. The summed E-state index contributed by atoms with van der Waals surface area (Å²) in [4.78, 5) is 14.7. The lowest BCUT2D eigenvalue weighted by Gasteiger charge is -2.13. The molecule has 1 aromatic heterocycles. The number of aromatic nitrogens is 3. The predicted octanol–water partition coefficient (Wildman–Crippen LogP) is 12.2. The standard InChI is InChI=1S/C47H31N3/c1-3-14-32(15-4-1)35-21-11-23-38(28-35)45-48-46(50-47(49-45)43-27-13-20-34-18-7-9-25-41(34)43)39-24-12-22-37(29-39)44-31-40(33-16-5-2-6-17-33)30-36-19-8-10-26-42(36)44/h1-31H/i1D,3D,4D,11D,14D,15D,21D,23D,28D. The summed E-state index contributed by atoms with van der Waals surface area (Å²) in [5.74, 6) is 0.304. The van der Waals surface area contributed by atoms with E-state index >= 15 is 0 Å². The molecule has 9 rings (SSSR count). The molecule has 0 radical (unpaired) electrons. The van der Waals surface area contributed by atoms with E-state index in [9.17, 15) is 1.37 Å². The van der Waals surface area contributed by atoms with Gasteiger partial charge >= 0.3 is 0 Å². The lowest BCUT2D eigenvalue weighted by atomic mass is 9.92. The van der Waals surface area contributed by atoms with Crippen molar-refractivity contribution in [3.05, 3.63) is 188 Å². The fourth-order valence-corrected chi connectivity index (χ4v) is 6.29. The van der Waals surface area contributed by atoms with Gasteiger partial charge in [-0.3, -0.25) is 0 Å². The Morgan fingerprint density at radius 1 is 0.340 bits per heavy atom. The Hall–Kier alpha value is -6.71. The van der Waals surface area contributed by atoms with E-state index in [0.29, 0.717) is 11.1 Å². The van der Waals surface area contributed by atoms with Crippen LogP contribution in [0.2, 0.25) is 0 Å². The van der Waals surface area contributed by atoms with E-state index in [-0.39, 0.29) is 28.6 Å². The molecule has 8 aromatic carbocycles. The van der Waals surface area contributed by atoms with E-state index in [0.717, 1.165) is 43.8 Å². The molecule has 9 aromatic rings. The van der Waals surface area contributed by atoms with Crippen molar-refractivity contribution in [1.82, 2.24) is 15.0 Å². The Morgan fingerprint density at radius 3 is 1.78 bits per heavy atom. The fourth-order valence-electron chi connectivity index (χ4n) is 6.29. The first-order valence-corrected chi connectivity index (χ1v) is 16.1. The van der Waals surface area contributed by atoms with Crippen molar-refractivity contribution in [3.8, 4) is 67.5 Å². The molecule has 0 unspecified atom stereocenters. The summed E-state index contributed by atoms with van der Waals surface area (Å²) >= 11 is 0. The van der Waals surface area contributed by atoms with Crippen LogP contribution < -0.4 is 0 Å². The summed E-state index contributed by atoms with van der Waals surface area (Å²) in [6.45, 7) is 0. The first kappa shape index (κ1) is 21.3. The van der Waals surface area contributed by atoms with Gasteiger partial charge in [-0.2, -0.15) is 0 Å². The van der Waals surface area contributed by atoms with Crippen molar-refractivity contribution in [2.75, 3.05) is 0 Å². The maximum atomic E-state index is 9.42. The molecule has 0 aliphatic heterocycles. The number of benzene rings is 8. The third kappa shape index (κ3) is 5.61. The smallest absolute Gasteiger partial charge is 0.164 e. The maximum absolute atomic E-state index is 9.42. The molecule has 0 fully saturated rings. The van der Waals surface area contributed by atoms with Crippen LogP contribution in [-0.2, 0) is 0 Å². The van der Waals surface area contributed by atoms with Gasteiger partial charge < -0.3 is 0 Å². The largest absolute Gasteiger partial charge is 0.208 e. The van der Waals surface area contributed by atoms with Crippen LogP contribution in [0.4, 0.5) is 0 Å². The van der Waals surface area contributed by atoms with Crippen LogP contribution in [-0.4, -0.2) is 15.0 Å². The monoisotopic (exact) mass is 646 g/mol. The molecule has 50 heavy (non-hydrogen) atoms. The SMILES string of the molecule is [2H]c1c([2H])c([2H])c(-c2c([2H])c([2H])c([2H])c(-c3nc(-c4cccc(-c5cc(-c6ccccc6)cc6ccccc56)c4)nc(-c4cccc5ccccc45)n3)c2[2H])c([2H])c1[2H]. The number of hydrogen-bond donors (Lipinski definition) is 0. The zero-order chi connectivity index (χ0) is 41.1. The Bertz CT molecular complexity index is 3140. The molecular formula is C47H31N3. The van der Waals surface area contributed by atoms with Gasteiger partial charge in [0.2, 0.25) is 0 Å². The van der Waals surface area contributed by atoms with E-state index in [1.165, 1.54) is 0 Å². The molecular weight excluding hydrogens is 607 g/mol. The first-order chi connectivity index (χ1) is 28.5. The van der Waals surface area contributed by atoms with E-state index < -0.39 is 59.9 Å². The minimum Gasteiger partial charge on any atom is -0.208 e. The number of rotatable bonds is 6. The van der Waals surface area contributed by atoms with E-state index in [2.05, 4.69) is 36.4 Å². The number of nitrogens with zero attached hydrogens (tertiary/aromatic N) is 3. The first-order valence-electron chi connectivity index (χ1n) is 20.6. The second-order valence-electron chi connectivity index (χ2n) is 11.8. The van der Waals surface area contributed by atoms with Crippen molar-refractivity contribution in [3.63, 3.8) is 0 Å². The van der Waals surface area contributed by atoms with Crippen LogP contribution in [0.5, 0.6) is 0 Å². The van der Waals surface area contributed by atoms with Gasteiger partial charge in [-0.1, -0.05) is 164 Å². The van der Waals surface area contributed by atoms with E-state index in [1.54, 1.807) is 0 Å². The Morgan fingerprint density at radius 2 is 0.940 bits per heavy atom. The van der Waals surface area contributed by atoms with Gasteiger partial charge in [-0.05, 0) is 79.2 Å². The fraction of sp³-hybridized carbons (Fsp3) is 0. The molecule has 0 saturated heterocycles. The highest BCUT2D eigenvalue weighted by atomic mass is 15.0.